The standard InChI is InChI=1S/C37H44N6O5S/c1-24-11-9-12-25(2)34(24)31-18-33-41-36(40-31)42-49(45,46)30-16-10-13-26(17-30)35(44)43(27(23-47-33)19-37(3,4)5)22-32-38-20-29(21-39-32)48-28-14-7-6-8-15-28/h9-13,16-18,20-21,27-28H,6-8,14-15,19,22-23H2,1-5H3,(H,40,41,42)/t27-/m1/s1. The number of nitrogens with zero attached hydrogens (tertiary/aromatic N) is 5. The summed E-state index contributed by atoms with van der Waals surface area (Å²) in [6, 6.07) is 13.2. The number of fused-ring (bicyclic) bond motifs is 4. The molecule has 3 heterocycles. The zero-order chi connectivity index (χ0) is 34.8. The monoisotopic (exact) mass is 684 g/mol. The second-order valence-corrected chi connectivity index (χ2v) is 15.9. The summed E-state index contributed by atoms with van der Waals surface area (Å²) in [4.78, 5) is 34.2. The normalized spacial score (nSPS) is 18.3. The third-order valence-electron chi connectivity index (χ3n) is 8.88. The summed E-state index contributed by atoms with van der Waals surface area (Å²) in [6.45, 7) is 10.4. The van der Waals surface area contributed by atoms with Crippen LogP contribution in [0, 0.1) is 19.3 Å². The molecular weight excluding hydrogens is 641 g/mol. The van der Waals surface area contributed by atoms with Crippen LogP contribution in [0.1, 0.15) is 86.6 Å². The zero-order valence-electron chi connectivity index (χ0n) is 28.8. The van der Waals surface area contributed by atoms with E-state index in [1.165, 1.54) is 18.6 Å². The Morgan fingerprint density at radius 3 is 2.35 bits per heavy atom. The minimum Gasteiger partial charge on any atom is -0.487 e. The van der Waals surface area contributed by atoms with E-state index in [1.807, 2.05) is 32.0 Å². The van der Waals surface area contributed by atoms with Crippen molar-refractivity contribution in [1.29, 1.82) is 0 Å². The Balaban J connectivity index is 1.40. The fourth-order valence-electron chi connectivity index (χ4n) is 6.56. The summed E-state index contributed by atoms with van der Waals surface area (Å²) < 4.78 is 42.4. The first kappa shape index (κ1) is 34.3. The number of rotatable bonds is 6. The number of hydrogen-bond acceptors (Lipinski definition) is 9. The van der Waals surface area contributed by atoms with Gasteiger partial charge in [0.1, 0.15) is 12.4 Å². The first-order chi connectivity index (χ1) is 23.3. The van der Waals surface area contributed by atoms with E-state index in [-0.39, 0.29) is 52.9 Å². The molecular formula is C37H44N6O5S. The van der Waals surface area contributed by atoms with Gasteiger partial charge in [-0.05, 0) is 80.7 Å². The molecule has 1 aliphatic heterocycles. The van der Waals surface area contributed by atoms with Crippen LogP contribution in [-0.4, -0.2) is 57.9 Å². The van der Waals surface area contributed by atoms with E-state index in [1.54, 1.807) is 35.5 Å². The minimum atomic E-state index is -4.18. The highest BCUT2D eigenvalue weighted by Gasteiger charge is 2.32. The Morgan fingerprint density at radius 2 is 1.65 bits per heavy atom. The number of amides is 1. The number of aromatic nitrogens is 4. The molecule has 1 aliphatic carbocycles. The molecule has 0 unspecified atom stereocenters. The number of hydrogen-bond donors (Lipinski definition) is 1. The summed E-state index contributed by atoms with van der Waals surface area (Å²) in [6.07, 6.45) is 9.62. The third kappa shape index (κ3) is 8.36. The van der Waals surface area contributed by atoms with Crippen LogP contribution in [-0.2, 0) is 16.6 Å². The lowest BCUT2D eigenvalue weighted by Crippen LogP contribution is -2.45. The second kappa shape index (κ2) is 14.1. The molecule has 49 heavy (non-hydrogen) atoms. The van der Waals surface area contributed by atoms with Crippen LogP contribution in [0.2, 0.25) is 0 Å². The Hall–Kier alpha value is -4.58. The largest absolute Gasteiger partial charge is 0.487 e. The molecule has 2 aliphatic rings. The maximum atomic E-state index is 14.4. The first-order valence-corrected chi connectivity index (χ1v) is 18.3. The van der Waals surface area contributed by atoms with Crippen LogP contribution in [0.15, 0.2) is 65.8 Å². The number of ether oxygens (including phenoxy) is 2. The fraction of sp³-hybridized carbons (Fsp3) is 0.432. The van der Waals surface area contributed by atoms with Crippen molar-refractivity contribution in [3.63, 3.8) is 0 Å². The smallest absolute Gasteiger partial charge is 0.264 e. The number of aryl methyl sites for hydroxylation is 2. The molecule has 4 bridgehead atoms. The number of nitrogens with one attached hydrogen (secondary N) is 1. The molecule has 0 radical (unpaired) electrons. The van der Waals surface area contributed by atoms with Crippen LogP contribution in [0.5, 0.6) is 11.6 Å². The van der Waals surface area contributed by atoms with Gasteiger partial charge in [0.15, 0.2) is 5.75 Å². The zero-order valence-corrected chi connectivity index (χ0v) is 29.6. The van der Waals surface area contributed by atoms with Gasteiger partial charge in [0, 0.05) is 17.2 Å². The van der Waals surface area contributed by atoms with E-state index in [2.05, 4.69) is 45.4 Å². The maximum absolute atomic E-state index is 14.4. The van der Waals surface area contributed by atoms with Crippen molar-refractivity contribution in [2.24, 2.45) is 5.41 Å². The molecule has 12 heteroatoms. The number of benzene rings is 2. The molecule has 1 N–H and O–H groups in total. The van der Waals surface area contributed by atoms with Crippen molar-refractivity contribution in [1.82, 2.24) is 24.8 Å². The molecule has 6 rings (SSSR count). The molecule has 1 atom stereocenters. The lowest BCUT2D eigenvalue weighted by atomic mass is 9.87. The maximum Gasteiger partial charge on any atom is 0.264 e. The SMILES string of the molecule is Cc1cccc(C)c1-c1cc2nc(n1)NS(=O)(=O)c1cccc(c1)C(=O)N(Cc1ncc(OC3CCCCC3)cn1)[C@H](CC(C)(C)C)CO2. The number of sulfonamides is 1. The first-order valence-electron chi connectivity index (χ1n) is 16.8. The van der Waals surface area contributed by atoms with Gasteiger partial charge in [-0.1, -0.05) is 51.5 Å². The quantitative estimate of drug-likeness (QED) is 0.230. The molecule has 1 saturated carbocycles. The van der Waals surface area contributed by atoms with E-state index in [0.717, 1.165) is 42.4 Å². The van der Waals surface area contributed by atoms with Crippen LogP contribution in [0.4, 0.5) is 5.95 Å². The lowest BCUT2D eigenvalue weighted by Gasteiger charge is -2.35. The fourth-order valence-corrected chi connectivity index (χ4v) is 7.55. The molecule has 11 nitrogen and oxygen atoms in total. The number of carbonyl (C=O) groups is 1. The Labute approximate surface area is 288 Å². The van der Waals surface area contributed by atoms with Gasteiger partial charge in [-0.2, -0.15) is 4.98 Å². The Morgan fingerprint density at radius 1 is 0.959 bits per heavy atom. The lowest BCUT2D eigenvalue weighted by molar-refractivity contribution is 0.0505. The van der Waals surface area contributed by atoms with Gasteiger partial charge in [0.25, 0.3) is 15.9 Å². The minimum absolute atomic E-state index is 0.0740. The summed E-state index contributed by atoms with van der Waals surface area (Å²) in [5.41, 5.74) is 3.33. The summed E-state index contributed by atoms with van der Waals surface area (Å²) in [5, 5.41) is 0. The van der Waals surface area contributed by atoms with Crippen LogP contribution < -0.4 is 14.2 Å². The van der Waals surface area contributed by atoms with Crippen molar-refractivity contribution in [3.8, 4) is 22.9 Å². The van der Waals surface area contributed by atoms with Gasteiger partial charge in [-0.3, -0.25) is 4.79 Å². The predicted octanol–water partition coefficient (Wildman–Crippen LogP) is 6.90. The van der Waals surface area contributed by atoms with Gasteiger partial charge in [-0.25, -0.2) is 28.1 Å². The van der Waals surface area contributed by atoms with Gasteiger partial charge in [-0.15, -0.1) is 0 Å². The third-order valence-corrected chi connectivity index (χ3v) is 10.2. The van der Waals surface area contributed by atoms with Crippen LogP contribution >= 0.6 is 0 Å². The van der Waals surface area contributed by atoms with Crippen molar-refractivity contribution in [2.75, 3.05) is 11.3 Å². The molecule has 258 valence electrons. The van der Waals surface area contributed by atoms with Crippen LogP contribution in [0.25, 0.3) is 11.3 Å². The predicted molar refractivity (Wildman–Crippen MR) is 187 cm³/mol. The van der Waals surface area contributed by atoms with Gasteiger partial charge in [0.2, 0.25) is 11.8 Å². The average Bonchev–Trinajstić information content (AvgIpc) is 3.05. The highest BCUT2D eigenvalue weighted by Crippen LogP contribution is 2.32. The van der Waals surface area contributed by atoms with Crippen molar-refractivity contribution >= 4 is 21.9 Å². The summed E-state index contributed by atoms with van der Waals surface area (Å²) in [5.74, 6) is 0.725. The molecule has 2 aromatic carbocycles. The van der Waals surface area contributed by atoms with Crippen LogP contribution in [0.3, 0.4) is 0 Å². The summed E-state index contributed by atoms with van der Waals surface area (Å²) in [7, 11) is -4.18. The van der Waals surface area contributed by atoms with Crippen molar-refractivity contribution in [3.05, 3.63) is 83.4 Å². The number of carbonyl (C=O) groups excluding carboxylic acids is 1. The Bertz CT molecular complexity index is 1900. The molecule has 0 saturated heterocycles. The molecule has 0 spiro atoms. The summed E-state index contributed by atoms with van der Waals surface area (Å²) >= 11 is 0. The molecule has 1 fully saturated rings. The topological polar surface area (TPSA) is 136 Å². The highest BCUT2D eigenvalue weighted by molar-refractivity contribution is 7.92. The van der Waals surface area contributed by atoms with E-state index in [0.29, 0.717) is 23.7 Å². The van der Waals surface area contributed by atoms with Crippen molar-refractivity contribution < 1.29 is 22.7 Å². The average molecular weight is 685 g/mol. The Kier molecular flexibility index (Phi) is 9.87. The van der Waals surface area contributed by atoms with E-state index < -0.39 is 16.1 Å². The van der Waals surface area contributed by atoms with E-state index in [9.17, 15) is 13.2 Å². The van der Waals surface area contributed by atoms with E-state index in [4.69, 9.17) is 9.47 Å². The van der Waals surface area contributed by atoms with Gasteiger partial charge >= 0.3 is 0 Å². The molecule has 1 amide bonds. The van der Waals surface area contributed by atoms with Crippen molar-refractivity contribution in [2.45, 2.75) is 96.7 Å². The second-order valence-electron chi connectivity index (χ2n) is 14.2. The van der Waals surface area contributed by atoms with Gasteiger partial charge < -0.3 is 14.4 Å². The van der Waals surface area contributed by atoms with E-state index >= 15 is 0 Å². The highest BCUT2D eigenvalue weighted by atomic mass is 32.2. The van der Waals surface area contributed by atoms with Gasteiger partial charge in [0.05, 0.1) is 41.7 Å². The molecule has 4 aromatic rings. The molecule has 2 aromatic heterocycles. The number of anilines is 1.